The van der Waals surface area contributed by atoms with E-state index in [1.54, 1.807) is 0 Å². The predicted molar refractivity (Wildman–Crippen MR) is 54.2 cm³/mol. The van der Waals surface area contributed by atoms with Gasteiger partial charge in [-0.3, -0.25) is 0 Å². The number of aryl methyl sites for hydroxylation is 1. The van der Waals surface area contributed by atoms with Gasteiger partial charge in [-0.15, -0.1) is 0 Å². The molecule has 1 aromatic carbocycles. The van der Waals surface area contributed by atoms with Gasteiger partial charge in [0.05, 0.1) is 6.61 Å². The Morgan fingerprint density at radius 1 is 1.42 bits per heavy atom. The Morgan fingerprint density at radius 2 is 2.17 bits per heavy atom. The normalized spacial score (nSPS) is 10.2. The van der Waals surface area contributed by atoms with Crippen LogP contribution in [0.1, 0.15) is 18.1 Å². The summed E-state index contributed by atoms with van der Waals surface area (Å²) >= 11 is 3.50. The summed E-state index contributed by atoms with van der Waals surface area (Å²) in [6.45, 7) is 5.54. The molecule has 0 amide bonds. The quantitative estimate of drug-likeness (QED) is 0.772. The molecule has 66 valence electrons. The Labute approximate surface area is 81.9 Å². The summed E-state index contributed by atoms with van der Waals surface area (Å²) in [6.07, 6.45) is 0. The lowest BCUT2D eigenvalue weighted by molar-refractivity contribution is 0.133. The van der Waals surface area contributed by atoms with Gasteiger partial charge < -0.3 is 4.74 Å². The highest BCUT2D eigenvalue weighted by molar-refractivity contribution is 9.10. The van der Waals surface area contributed by atoms with E-state index in [4.69, 9.17) is 4.74 Å². The van der Waals surface area contributed by atoms with Crippen molar-refractivity contribution in [2.45, 2.75) is 20.5 Å². The summed E-state index contributed by atoms with van der Waals surface area (Å²) in [5, 5.41) is 0. The highest BCUT2D eigenvalue weighted by atomic mass is 79.9. The number of rotatable bonds is 3. The van der Waals surface area contributed by atoms with Gasteiger partial charge in [-0.2, -0.15) is 0 Å². The Bertz CT molecular complexity index is 258. The van der Waals surface area contributed by atoms with Gasteiger partial charge in [-0.05, 0) is 31.0 Å². The van der Waals surface area contributed by atoms with E-state index in [-0.39, 0.29) is 0 Å². The molecular formula is C10H13BrO. The van der Waals surface area contributed by atoms with Gasteiger partial charge >= 0.3 is 0 Å². The molecule has 0 atom stereocenters. The molecule has 1 nitrogen and oxygen atoms in total. The van der Waals surface area contributed by atoms with Crippen LogP contribution in [0.25, 0.3) is 0 Å². The van der Waals surface area contributed by atoms with Crippen molar-refractivity contribution >= 4 is 15.9 Å². The van der Waals surface area contributed by atoms with E-state index < -0.39 is 0 Å². The van der Waals surface area contributed by atoms with Crippen LogP contribution in [0.3, 0.4) is 0 Å². The standard InChI is InChI=1S/C10H13BrO/c1-3-12-7-9-5-4-8(2)6-10(9)11/h4-6H,3,7H2,1-2H3. The van der Waals surface area contributed by atoms with Crippen LogP contribution in [0.15, 0.2) is 22.7 Å². The Morgan fingerprint density at radius 3 is 2.75 bits per heavy atom. The van der Waals surface area contributed by atoms with Gasteiger partial charge in [0, 0.05) is 11.1 Å². The van der Waals surface area contributed by atoms with E-state index in [2.05, 4.69) is 41.1 Å². The third-order valence-corrected chi connectivity index (χ3v) is 2.41. The van der Waals surface area contributed by atoms with Crippen LogP contribution in [-0.4, -0.2) is 6.61 Å². The molecule has 0 aliphatic heterocycles. The molecule has 1 rings (SSSR count). The molecule has 0 unspecified atom stereocenters. The van der Waals surface area contributed by atoms with Crippen molar-refractivity contribution in [3.8, 4) is 0 Å². The Hall–Kier alpha value is -0.340. The lowest BCUT2D eigenvalue weighted by Gasteiger charge is -2.04. The zero-order valence-corrected chi connectivity index (χ0v) is 9.02. The molecule has 0 radical (unpaired) electrons. The maximum Gasteiger partial charge on any atom is 0.0727 e. The smallest absolute Gasteiger partial charge is 0.0727 e. The van der Waals surface area contributed by atoms with E-state index in [0.29, 0.717) is 6.61 Å². The predicted octanol–water partition coefficient (Wildman–Crippen LogP) is 3.29. The van der Waals surface area contributed by atoms with Crippen molar-refractivity contribution in [1.82, 2.24) is 0 Å². The van der Waals surface area contributed by atoms with Crippen LogP contribution in [0, 0.1) is 6.92 Å². The number of hydrogen-bond donors (Lipinski definition) is 0. The second kappa shape index (κ2) is 4.63. The number of benzene rings is 1. The first-order valence-corrected chi connectivity index (χ1v) is 4.86. The van der Waals surface area contributed by atoms with E-state index in [1.165, 1.54) is 11.1 Å². The maximum atomic E-state index is 5.31. The third kappa shape index (κ3) is 2.61. The van der Waals surface area contributed by atoms with E-state index in [1.807, 2.05) is 6.92 Å². The minimum atomic E-state index is 0.692. The first-order valence-electron chi connectivity index (χ1n) is 4.07. The van der Waals surface area contributed by atoms with Crippen molar-refractivity contribution in [2.75, 3.05) is 6.61 Å². The van der Waals surface area contributed by atoms with Crippen LogP contribution in [0.5, 0.6) is 0 Å². The first-order chi connectivity index (χ1) is 5.74. The van der Waals surface area contributed by atoms with Gasteiger partial charge in [0.25, 0.3) is 0 Å². The SMILES string of the molecule is CCOCc1ccc(C)cc1Br. The summed E-state index contributed by atoms with van der Waals surface area (Å²) < 4.78 is 6.45. The van der Waals surface area contributed by atoms with Crippen molar-refractivity contribution in [1.29, 1.82) is 0 Å². The molecule has 0 fully saturated rings. The molecule has 0 heterocycles. The molecule has 0 aliphatic rings. The average molecular weight is 229 g/mol. The highest BCUT2D eigenvalue weighted by Gasteiger charge is 1.98. The van der Waals surface area contributed by atoms with Crippen molar-refractivity contribution in [3.05, 3.63) is 33.8 Å². The van der Waals surface area contributed by atoms with Crippen LogP contribution < -0.4 is 0 Å². The fourth-order valence-corrected chi connectivity index (χ4v) is 1.59. The molecule has 12 heavy (non-hydrogen) atoms. The van der Waals surface area contributed by atoms with Crippen molar-refractivity contribution in [2.24, 2.45) is 0 Å². The fourth-order valence-electron chi connectivity index (χ4n) is 0.981. The monoisotopic (exact) mass is 228 g/mol. The second-order valence-electron chi connectivity index (χ2n) is 2.73. The lowest BCUT2D eigenvalue weighted by Crippen LogP contribution is -1.92. The molecular weight excluding hydrogens is 216 g/mol. The third-order valence-electron chi connectivity index (χ3n) is 1.67. The topological polar surface area (TPSA) is 9.23 Å². The van der Waals surface area contributed by atoms with Crippen LogP contribution in [0.2, 0.25) is 0 Å². The molecule has 1 aromatic rings. The zero-order valence-electron chi connectivity index (χ0n) is 7.43. The van der Waals surface area contributed by atoms with Crippen LogP contribution in [-0.2, 0) is 11.3 Å². The molecule has 2 heteroatoms. The van der Waals surface area contributed by atoms with E-state index in [9.17, 15) is 0 Å². The Kier molecular flexibility index (Phi) is 3.76. The number of ether oxygens (including phenoxy) is 1. The number of halogens is 1. The van der Waals surface area contributed by atoms with Gasteiger partial charge in [0.1, 0.15) is 0 Å². The van der Waals surface area contributed by atoms with Crippen molar-refractivity contribution in [3.63, 3.8) is 0 Å². The minimum Gasteiger partial charge on any atom is -0.377 e. The van der Waals surface area contributed by atoms with Gasteiger partial charge in [-0.1, -0.05) is 28.1 Å². The summed E-state index contributed by atoms with van der Waals surface area (Å²) in [6, 6.07) is 6.29. The van der Waals surface area contributed by atoms with E-state index >= 15 is 0 Å². The second-order valence-corrected chi connectivity index (χ2v) is 3.59. The molecule has 0 bridgehead atoms. The van der Waals surface area contributed by atoms with Gasteiger partial charge in [0.2, 0.25) is 0 Å². The number of hydrogen-bond acceptors (Lipinski definition) is 1. The molecule has 0 saturated heterocycles. The zero-order chi connectivity index (χ0) is 8.97. The van der Waals surface area contributed by atoms with Crippen molar-refractivity contribution < 1.29 is 4.74 Å². The summed E-state index contributed by atoms with van der Waals surface area (Å²) in [5.41, 5.74) is 2.48. The molecule has 0 aliphatic carbocycles. The summed E-state index contributed by atoms with van der Waals surface area (Å²) in [5.74, 6) is 0. The molecule has 0 spiro atoms. The molecule has 0 aromatic heterocycles. The van der Waals surface area contributed by atoms with Gasteiger partial charge in [-0.25, -0.2) is 0 Å². The highest BCUT2D eigenvalue weighted by Crippen LogP contribution is 2.18. The fraction of sp³-hybridized carbons (Fsp3) is 0.400. The Balaban J connectivity index is 2.72. The average Bonchev–Trinajstić information content (AvgIpc) is 2.03. The minimum absolute atomic E-state index is 0.692. The van der Waals surface area contributed by atoms with Gasteiger partial charge in [0.15, 0.2) is 0 Å². The first kappa shape index (κ1) is 9.75. The van der Waals surface area contributed by atoms with E-state index in [0.717, 1.165) is 11.1 Å². The maximum absolute atomic E-state index is 5.31. The molecule has 0 N–H and O–H groups in total. The molecule has 0 saturated carbocycles. The largest absolute Gasteiger partial charge is 0.377 e. The summed E-state index contributed by atoms with van der Waals surface area (Å²) in [7, 11) is 0. The lowest BCUT2D eigenvalue weighted by atomic mass is 10.2. The summed E-state index contributed by atoms with van der Waals surface area (Å²) in [4.78, 5) is 0. The van der Waals surface area contributed by atoms with Crippen LogP contribution in [0.4, 0.5) is 0 Å². The van der Waals surface area contributed by atoms with Crippen LogP contribution >= 0.6 is 15.9 Å².